The largest absolute Gasteiger partial charge is 0.313 e. The summed E-state index contributed by atoms with van der Waals surface area (Å²) in [7, 11) is 0. The second kappa shape index (κ2) is 3.58. The molecule has 1 heterocycles. The monoisotopic (exact) mass is 227 g/mol. The first-order valence-corrected chi connectivity index (χ1v) is 7.22. The van der Waals surface area contributed by atoms with Gasteiger partial charge in [-0.15, -0.1) is 0 Å². The van der Waals surface area contributed by atoms with E-state index in [9.17, 15) is 0 Å². The van der Waals surface area contributed by atoms with Gasteiger partial charge in [0.25, 0.3) is 0 Å². The topological polar surface area (TPSA) is 12.0 Å². The predicted octanol–water partition coefficient (Wildman–Crippen LogP) is 3.03. The molecule has 1 N–H and O–H groups in total. The van der Waals surface area contributed by atoms with E-state index in [2.05, 4.69) is 29.6 Å². The van der Waals surface area contributed by atoms with Crippen LogP contribution in [0.5, 0.6) is 0 Å². The van der Waals surface area contributed by atoms with Crippen molar-refractivity contribution in [2.24, 2.45) is 5.92 Å². The Morgan fingerprint density at radius 3 is 3.06 bits per heavy atom. The van der Waals surface area contributed by atoms with Crippen molar-refractivity contribution in [2.75, 3.05) is 6.54 Å². The minimum atomic E-state index is 0.545. The van der Waals surface area contributed by atoms with E-state index >= 15 is 0 Å². The van der Waals surface area contributed by atoms with E-state index in [-0.39, 0.29) is 0 Å². The normalized spacial score (nSPS) is 39.3. The van der Waals surface area contributed by atoms with Gasteiger partial charge >= 0.3 is 0 Å². The molecule has 1 saturated carbocycles. The van der Waals surface area contributed by atoms with Crippen LogP contribution in [-0.4, -0.2) is 12.6 Å². The van der Waals surface area contributed by atoms with Gasteiger partial charge in [0.2, 0.25) is 0 Å². The summed E-state index contributed by atoms with van der Waals surface area (Å²) >= 11 is 0. The van der Waals surface area contributed by atoms with Crippen LogP contribution in [0.4, 0.5) is 0 Å². The Morgan fingerprint density at radius 1 is 1.12 bits per heavy atom. The lowest BCUT2D eigenvalue weighted by atomic mass is 9.53. The lowest BCUT2D eigenvalue weighted by Gasteiger charge is -2.56. The van der Waals surface area contributed by atoms with Crippen LogP contribution in [0.25, 0.3) is 0 Å². The Labute approximate surface area is 104 Å². The molecule has 0 aromatic heterocycles. The Morgan fingerprint density at radius 2 is 2.06 bits per heavy atom. The van der Waals surface area contributed by atoms with Crippen molar-refractivity contribution >= 4 is 0 Å². The van der Waals surface area contributed by atoms with Gasteiger partial charge in [0.1, 0.15) is 0 Å². The Hall–Kier alpha value is -0.820. The molecular weight excluding hydrogens is 206 g/mol. The number of nitrogens with one attached hydrogen (secondary N) is 1. The molecule has 3 unspecified atom stereocenters. The molecule has 3 atom stereocenters. The van der Waals surface area contributed by atoms with Crippen LogP contribution >= 0.6 is 0 Å². The van der Waals surface area contributed by atoms with Crippen LogP contribution in [0, 0.1) is 5.92 Å². The average Bonchev–Trinajstić information content (AvgIpc) is 2.39. The summed E-state index contributed by atoms with van der Waals surface area (Å²) in [6.07, 6.45) is 8.41. The molecule has 1 saturated heterocycles. The molecule has 4 rings (SSSR count). The molecule has 2 aliphatic carbocycles. The summed E-state index contributed by atoms with van der Waals surface area (Å²) in [6.45, 7) is 1.23. The molecule has 1 heteroatoms. The van der Waals surface area contributed by atoms with E-state index < -0.39 is 0 Å². The SMILES string of the molecule is c1ccc2c(c1)CC1NCCC23CCCCC13. The maximum absolute atomic E-state index is 3.79. The molecule has 17 heavy (non-hydrogen) atoms. The van der Waals surface area contributed by atoms with Crippen LogP contribution in [0.3, 0.4) is 0 Å². The number of fused-ring (bicyclic) bond motifs is 1. The first kappa shape index (κ1) is 10.1. The van der Waals surface area contributed by atoms with E-state index in [0.717, 1.165) is 12.0 Å². The number of rotatable bonds is 0. The van der Waals surface area contributed by atoms with Gasteiger partial charge in [-0.25, -0.2) is 0 Å². The van der Waals surface area contributed by atoms with Crippen LogP contribution < -0.4 is 5.32 Å². The fraction of sp³-hybridized carbons (Fsp3) is 0.625. The van der Waals surface area contributed by atoms with Crippen LogP contribution in [-0.2, 0) is 11.8 Å². The second-order valence-corrected chi connectivity index (χ2v) is 6.18. The summed E-state index contributed by atoms with van der Waals surface area (Å²) in [5, 5.41) is 3.79. The summed E-state index contributed by atoms with van der Waals surface area (Å²) < 4.78 is 0. The van der Waals surface area contributed by atoms with E-state index in [1.807, 2.05) is 0 Å². The number of piperidine rings is 1. The van der Waals surface area contributed by atoms with Gasteiger partial charge in [-0.3, -0.25) is 0 Å². The maximum Gasteiger partial charge on any atom is 0.0144 e. The highest BCUT2D eigenvalue weighted by atomic mass is 15.0. The van der Waals surface area contributed by atoms with Crippen molar-refractivity contribution in [1.29, 1.82) is 0 Å². The predicted molar refractivity (Wildman–Crippen MR) is 70.2 cm³/mol. The third-order valence-corrected chi connectivity index (χ3v) is 5.55. The molecule has 2 bridgehead atoms. The van der Waals surface area contributed by atoms with Crippen molar-refractivity contribution in [3.05, 3.63) is 35.4 Å². The fourth-order valence-electron chi connectivity index (χ4n) is 4.89. The van der Waals surface area contributed by atoms with E-state index in [4.69, 9.17) is 0 Å². The molecule has 0 amide bonds. The lowest BCUT2D eigenvalue weighted by Crippen LogP contribution is -2.59. The smallest absolute Gasteiger partial charge is 0.0144 e. The molecule has 0 radical (unpaired) electrons. The standard InChI is InChI=1S/C16H21N/c1-2-6-13-12(5-1)11-15-14-7-3-4-8-16(13,14)9-10-17-15/h1-2,5-6,14-15,17H,3-4,7-11H2. The van der Waals surface area contributed by atoms with Crippen molar-refractivity contribution < 1.29 is 0 Å². The zero-order valence-electron chi connectivity index (χ0n) is 10.4. The minimum Gasteiger partial charge on any atom is -0.313 e. The van der Waals surface area contributed by atoms with Gasteiger partial charge in [0.15, 0.2) is 0 Å². The van der Waals surface area contributed by atoms with Crippen molar-refractivity contribution in [3.8, 4) is 0 Å². The third-order valence-electron chi connectivity index (χ3n) is 5.55. The Bertz CT molecular complexity index is 435. The summed E-state index contributed by atoms with van der Waals surface area (Å²) in [6, 6.07) is 10.0. The van der Waals surface area contributed by atoms with Crippen LogP contribution in [0.2, 0.25) is 0 Å². The third kappa shape index (κ3) is 1.29. The van der Waals surface area contributed by atoms with E-state index in [1.165, 1.54) is 45.1 Å². The molecule has 1 aromatic rings. The molecule has 1 aliphatic heterocycles. The van der Waals surface area contributed by atoms with Gasteiger partial charge < -0.3 is 5.32 Å². The highest BCUT2D eigenvalue weighted by Crippen LogP contribution is 2.53. The molecule has 3 aliphatic rings. The molecule has 1 aromatic carbocycles. The second-order valence-electron chi connectivity index (χ2n) is 6.18. The summed E-state index contributed by atoms with van der Waals surface area (Å²) in [4.78, 5) is 0. The van der Waals surface area contributed by atoms with Crippen molar-refractivity contribution in [3.63, 3.8) is 0 Å². The maximum atomic E-state index is 3.79. The van der Waals surface area contributed by atoms with Gasteiger partial charge in [-0.05, 0) is 49.3 Å². The van der Waals surface area contributed by atoms with E-state index in [0.29, 0.717) is 5.41 Å². The van der Waals surface area contributed by atoms with Gasteiger partial charge in [0, 0.05) is 11.5 Å². The van der Waals surface area contributed by atoms with Gasteiger partial charge in [-0.2, -0.15) is 0 Å². The Kier molecular flexibility index (Phi) is 2.14. The first-order valence-electron chi connectivity index (χ1n) is 7.22. The van der Waals surface area contributed by atoms with Crippen LogP contribution in [0.15, 0.2) is 24.3 Å². The average molecular weight is 227 g/mol. The Balaban J connectivity index is 1.90. The number of benzene rings is 1. The van der Waals surface area contributed by atoms with Gasteiger partial charge in [0.05, 0.1) is 0 Å². The molecule has 90 valence electrons. The lowest BCUT2D eigenvalue weighted by molar-refractivity contribution is 0.0798. The summed E-state index contributed by atoms with van der Waals surface area (Å²) in [5.41, 5.74) is 3.88. The quantitative estimate of drug-likeness (QED) is 0.718. The highest BCUT2D eigenvalue weighted by molar-refractivity contribution is 5.41. The molecular formula is C16H21N. The van der Waals surface area contributed by atoms with E-state index in [1.54, 1.807) is 11.1 Å². The van der Waals surface area contributed by atoms with Crippen molar-refractivity contribution in [1.82, 2.24) is 5.32 Å². The zero-order valence-corrected chi connectivity index (χ0v) is 10.4. The first-order chi connectivity index (χ1) is 8.40. The number of hydrogen-bond acceptors (Lipinski definition) is 1. The highest BCUT2D eigenvalue weighted by Gasteiger charge is 2.51. The molecule has 0 spiro atoms. The van der Waals surface area contributed by atoms with Gasteiger partial charge in [-0.1, -0.05) is 37.1 Å². The minimum absolute atomic E-state index is 0.545. The summed E-state index contributed by atoms with van der Waals surface area (Å²) in [5.74, 6) is 0.917. The molecule has 2 fully saturated rings. The van der Waals surface area contributed by atoms with Crippen molar-refractivity contribution in [2.45, 2.75) is 50.0 Å². The van der Waals surface area contributed by atoms with Crippen LogP contribution in [0.1, 0.15) is 43.2 Å². The molecule has 1 nitrogen and oxygen atoms in total. The fourth-order valence-corrected chi connectivity index (χ4v) is 4.89. The number of hydrogen-bond donors (Lipinski definition) is 1. The zero-order chi connectivity index (χ0) is 11.3.